The van der Waals surface area contributed by atoms with E-state index in [4.69, 9.17) is 5.84 Å². The molecule has 0 radical (unpaired) electrons. The highest BCUT2D eigenvalue weighted by Crippen LogP contribution is 2.16. The molecule has 3 N–H and O–H groups in total. The minimum absolute atomic E-state index is 0.0747. The van der Waals surface area contributed by atoms with Crippen molar-refractivity contribution in [3.63, 3.8) is 0 Å². The summed E-state index contributed by atoms with van der Waals surface area (Å²) in [6, 6.07) is 0.226. The van der Waals surface area contributed by atoms with Gasteiger partial charge in [0.2, 0.25) is 5.91 Å². The molecule has 102 valence electrons. The van der Waals surface area contributed by atoms with Gasteiger partial charge in [0.15, 0.2) is 0 Å². The molecule has 0 spiro atoms. The zero-order valence-corrected chi connectivity index (χ0v) is 12.0. The smallest absolute Gasteiger partial charge is 0.238 e. The molecule has 4 nitrogen and oxygen atoms in total. The van der Waals surface area contributed by atoms with Gasteiger partial charge in [0.1, 0.15) is 0 Å². The van der Waals surface area contributed by atoms with E-state index >= 15 is 0 Å². The van der Waals surface area contributed by atoms with Gasteiger partial charge >= 0.3 is 0 Å². The van der Waals surface area contributed by atoms with E-state index in [2.05, 4.69) is 38.0 Å². The Bertz CT molecular complexity index is 217. The lowest BCUT2D eigenvalue weighted by atomic mass is 9.97. The van der Waals surface area contributed by atoms with Crippen LogP contribution in [0.1, 0.15) is 47.5 Å². The van der Waals surface area contributed by atoms with Crippen molar-refractivity contribution >= 4 is 5.91 Å². The maximum Gasteiger partial charge on any atom is 0.238 e. The van der Waals surface area contributed by atoms with Crippen LogP contribution < -0.4 is 11.3 Å². The molecule has 0 saturated carbocycles. The number of nitrogens with zero attached hydrogens (tertiary/aromatic N) is 1. The summed E-state index contributed by atoms with van der Waals surface area (Å²) in [4.78, 5) is 13.9. The molecule has 0 aromatic heterocycles. The van der Waals surface area contributed by atoms with E-state index in [1.54, 1.807) is 0 Å². The van der Waals surface area contributed by atoms with Gasteiger partial charge in [0.05, 0.1) is 5.92 Å². The molecule has 0 fully saturated rings. The van der Waals surface area contributed by atoms with Crippen molar-refractivity contribution < 1.29 is 4.79 Å². The summed E-state index contributed by atoms with van der Waals surface area (Å²) in [6.07, 6.45) is 2.38. The summed E-state index contributed by atoms with van der Waals surface area (Å²) in [5.74, 6) is 5.74. The zero-order valence-electron chi connectivity index (χ0n) is 12.0. The molecule has 0 aromatic carbocycles. The van der Waals surface area contributed by atoms with E-state index in [1.165, 1.54) is 12.8 Å². The summed E-state index contributed by atoms with van der Waals surface area (Å²) < 4.78 is 0. The second-order valence-corrected chi connectivity index (χ2v) is 4.81. The molecule has 0 saturated heterocycles. The number of carbonyl (C=O) groups excluding carboxylic acids is 1. The van der Waals surface area contributed by atoms with Gasteiger partial charge in [-0.05, 0) is 19.4 Å². The Morgan fingerprint density at radius 2 is 1.76 bits per heavy atom. The first kappa shape index (κ1) is 16.4. The molecular weight excluding hydrogens is 214 g/mol. The van der Waals surface area contributed by atoms with Crippen LogP contribution in [0, 0.1) is 11.8 Å². The monoisotopic (exact) mass is 243 g/mol. The summed E-state index contributed by atoms with van der Waals surface area (Å²) in [5.41, 5.74) is 2.24. The normalized spacial score (nSPS) is 15.1. The second kappa shape index (κ2) is 8.48. The maximum absolute atomic E-state index is 11.5. The van der Waals surface area contributed by atoms with E-state index in [9.17, 15) is 4.79 Å². The van der Waals surface area contributed by atoms with Crippen LogP contribution in [0.2, 0.25) is 0 Å². The van der Waals surface area contributed by atoms with Crippen molar-refractivity contribution in [2.75, 3.05) is 13.1 Å². The lowest BCUT2D eigenvalue weighted by Crippen LogP contribution is -2.47. The third-order valence-corrected chi connectivity index (χ3v) is 3.91. The fourth-order valence-electron chi connectivity index (χ4n) is 2.13. The van der Waals surface area contributed by atoms with Gasteiger partial charge in [-0.25, -0.2) is 5.84 Å². The molecule has 0 heterocycles. The van der Waals surface area contributed by atoms with Crippen molar-refractivity contribution in [1.82, 2.24) is 10.3 Å². The van der Waals surface area contributed by atoms with Crippen molar-refractivity contribution in [3.05, 3.63) is 0 Å². The van der Waals surface area contributed by atoms with E-state index in [-0.39, 0.29) is 17.9 Å². The molecule has 0 aliphatic rings. The Morgan fingerprint density at radius 1 is 1.24 bits per heavy atom. The number of hydrazine groups is 1. The average molecular weight is 243 g/mol. The molecule has 2 atom stereocenters. The Hall–Kier alpha value is -0.610. The van der Waals surface area contributed by atoms with Crippen molar-refractivity contribution in [3.8, 4) is 0 Å². The molecule has 17 heavy (non-hydrogen) atoms. The van der Waals surface area contributed by atoms with Gasteiger partial charge < -0.3 is 0 Å². The van der Waals surface area contributed by atoms with Gasteiger partial charge in [-0.15, -0.1) is 0 Å². The van der Waals surface area contributed by atoms with Crippen LogP contribution in [0.3, 0.4) is 0 Å². The van der Waals surface area contributed by atoms with Crippen LogP contribution in [0.15, 0.2) is 0 Å². The highest BCUT2D eigenvalue weighted by molar-refractivity contribution is 5.78. The van der Waals surface area contributed by atoms with E-state index in [0.29, 0.717) is 5.92 Å². The quantitative estimate of drug-likeness (QED) is 0.388. The van der Waals surface area contributed by atoms with E-state index < -0.39 is 0 Å². The highest BCUT2D eigenvalue weighted by atomic mass is 16.2. The Labute approximate surface area is 106 Å². The third-order valence-electron chi connectivity index (χ3n) is 3.91. The topological polar surface area (TPSA) is 58.4 Å². The summed E-state index contributed by atoms with van der Waals surface area (Å²) in [7, 11) is 0. The molecule has 1 amide bonds. The molecule has 0 bridgehead atoms. The van der Waals surface area contributed by atoms with E-state index in [1.807, 2.05) is 6.92 Å². The van der Waals surface area contributed by atoms with Crippen LogP contribution in [0.25, 0.3) is 0 Å². The number of nitrogens with two attached hydrogens (primary N) is 1. The standard InChI is InChI=1S/C13H29N3O/c1-6-12(7-2)9-16(8-3)11(5)10(4)13(17)15-14/h10-12H,6-9,14H2,1-5H3,(H,15,17). The van der Waals surface area contributed by atoms with Crippen molar-refractivity contribution in [1.29, 1.82) is 0 Å². The van der Waals surface area contributed by atoms with Crippen LogP contribution in [0.4, 0.5) is 0 Å². The largest absolute Gasteiger partial charge is 0.300 e. The first-order valence-corrected chi connectivity index (χ1v) is 6.76. The lowest BCUT2D eigenvalue weighted by molar-refractivity contribution is -0.126. The lowest BCUT2D eigenvalue weighted by Gasteiger charge is -2.33. The van der Waals surface area contributed by atoms with E-state index in [0.717, 1.165) is 13.1 Å². The van der Waals surface area contributed by atoms with Crippen molar-refractivity contribution in [2.24, 2.45) is 17.7 Å². The van der Waals surface area contributed by atoms with Gasteiger partial charge in [0, 0.05) is 12.6 Å². The highest BCUT2D eigenvalue weighted by Gasteiger charge is 2.25. The SMILES string of the molecule is CCC(CC)CN(CC)C(C)C(C)C(=O)NN. The van der Waals surface area contributed by atoms with Gasteiger partial charge in [0.25, 0.3) is 0 Å². The summed E-state index contributed by atoms with van der Waals surface area (Å²) >= 11 is 0. The van der Waals surface area contributed by atoms with Gasteiger partial charge in [-0.1, -0.05) is 40.5 Å². The number of rotatable bonds is 8. The predicted molar refractivity (Wildman–Crippen MR) is 72.3 cm³/mol. The Balaban J connectivity index is 4.48. The molecule has 2 unspecified atom stereocenters. The number of nitrogens with one attached hydrogen (secondary N) is 1. The molecule has 4 heteroatoms. The van der Waals surface area contributed by atoms with Crippen LogP contribution in [0.5, 0.6) is 0 Å². The van der Waals surface area contributed by atoms with Crippen LogP contribution in [-0.2, 0) is 4.79 Å². The number of hydrogen-bond acceptors (Lipinski definition) is 3. The second-order valence-electron chi connectivity index (χ2n) is 4.81. The van der Waals surface area contributed by atoms with Gasteiger partial charge in [-0.2, -0.15) is 0 Å². The predicted octanol–water partition coefficient (Wildman–Crippen LogP) is 1.76. The molecule has 0 aliphatic heterocycles. The Kier molecular flexibility index (Phi) is 8.17. The molecule has 0 aromatic rings. The zero-order chi connectivity index (χ0) is 13.4. The maximum atomic E-state index is 11.5. The number of amides is 1. The summed E-state index contributed by atoms with van der Waals surface area (Å²) in [6.45, 7) is 12.7. The third kappa shape index (κ3) is 5.04. The minimum atomic E-state index is -0.0829. The average Bonchev–Trinajstić information content (AvgIpc) is 2.37. The first-order valence-electron chi connectivity index (χ1n) is 6.76. The van der Waals surface area contributed by atoms with Crippen molar-refractivity contribution in [2.45, 2.75) is 53.5 Å². The minimum Gasteiger partial charge on any atom is -0.300 e. The molecule has 0 aliphatic carbocycles. The summed E-state index contributed by atoms with van der Waals surface area (Å²) in [5, 5.41) is 0. The first-order chi connectivity index (χ1) is 8.01. The van der Waals surface area contributed by atoms with Gasteiger partial charge in [-0.3, -0.25) is 15.1 Å². The Morgan fingerprint density at radius 3 is 2.12 bits per heavy atom. The van der Waals surface area contributed by atoms with Crippen LogP contribution >= 0.6 is 0 Å². The molecule has 0 rings (SSSR count). The number of carbonyl (C=O) groups is 1. The fourth-order valence-corrected chi connectivity index (χ4v) is 2.13. The molecular formula is C13H29N3O. The number of hydrogen-bond donors (Lipinski definition) is 2. The fraction of sp³-hybridized carbons (Fsp3) is 0.923. The van der Waals surface area contributed by atoms with Crippen LogP contribution in [-0.4, -0.2) is 29.9 Å².